The zero-order valence-corrected chi connectivity index (χ0v) is 16.1. The largest absolute Gasteiger partial charge is 0.471 e. The molecule has 0 N–H and O–H groups in total. The number of ether oxygens (including phenoxy) is 4. The van der Waals surface area contributed by atoms with E-state index in [1.807, 2.05) is 0 Å². The van der Waals surface area contributed by atoms with E-state index in [1.54, 1.807) is 0 Å². The van der Waals surface area contributed by atoms with Crippen LogP contribution in [0.3, 0.4) is 0 Å². The van der Waals surface area contributed by atoms with Crippen molar-refractivity contribution >= 4 is 11.9 Å². The van der Waals surface area contributed by atoms with Crippen molar-refractivity contribution in [2.24, 2.45) is 0 Å². The summed E-state index contributed by atoms with van der Waals surface area (Å²) in [5.41, 5.74) is 0.0792. The fraction of sp³-hybridized carbons (Fsp3) is 0.700. The highest BCUT2D eigenvalue weighted by molar-refractivity contribution is 5.92. The predicted octanol–water partition coefficient (Wildman–Crippen LogP) is 3.55. The average molecular weight is 364 g/mol. The van der Waals surface area contributed by atoms with Gasteiger partial charge in [0, 0.05) is 11.1 Å². The Labute approximate surface area is 154 Å². The summed E-state index contributed by atoms with van der Waals surface area (Å²) >= 11 is 0. The van der Waals surface area contributed by atoms with Gasteiger partial charge in [0.25, 0.3) is 0 Å². The highest BCUT2D eigenvalue weighted by Crippen LogP contribution is 2.63. The minimum absolute atomic E-state index is 0.272. The van der Waals surface area contributed by atoms with Crippen LogP contribution in [0.4, 0.5) is 0 Å². The molecule has 0 bridgehead atoms. The van der Waals surface area contributed by atoms with Crippen LogP contribution in [0.15, 0.2) is 22.7 Å². The molecule has 0 aromatic heterocycles. The molecule has 0 spiro atoms. The average Bonchev–Trinajstić information content (AvgIpc) is 3.10. The van der Waals surface area contributed by atoms with E-state index < -0.39 is 23.1 Å². The molecule has 2 aliphatic heterocycles. The molecule has 6 nitrogen and oxygen atoms in total. The molecule has 3 rings (SSSR count). The van der Waals surface area contributed by atoms with Crippen LogP contribution in [0.1, 0.15) is 65.2 Å². The molecule has 2 heterocycles. The molecule has 144 valence electrons. The SMILES string of the molecule is CCCC1=C(C(=O)OC)O[C@]23CCCC[C@]12OC(C(=O)OC)=C3CCC. The van der Waals surface area contributed by atoms with Gasteiger partial charge in [-0.15, -0.1) is 0 Å². The summed E-state index contributed by atoms with van der Waals surface area (Å²) in [5.74, 6) is -0.396. The lowest BCUT2D eigenvalue weighted by Gasteiger charge is -2.44. The maximum absolute atomic E-state index is 12.4. The van der Waals surface area contributed by atoms with Crippen molar-refractivity contribution in [3.05, 3.63) is 22.7 Å². The fourth-order valence-corrected chi connectivity index (χ4v) is 4.82. The minimum atomic E-state index is -0.793. The molecule has 26 heavy (non-hydrogen) atoms. The number of carbonyl (C=O) groups is 2. The molecule has 1 saturated carbocycles. The van der Waals surface area contributed by atoms with Crippen LogP contribution in [0, 0.1) is 0 Å². The Balaban J connectivity index is 2.19. The van der Waals surface area contributed by atoms with Crippen molar-refractivity contribution in [2.45, 2.75) is 76.4 Å². The second kappa shape index (κ2) is 6.97. The first-order valence-electron chi connectivity index (χ1n) is 9.53. The number of carbonyl (C=O) groups excluding carboxylic acids is 2. The molecule has 0 aromatic rings. The van der Waals surface area contributed by atoms with E-state index in [4.69, 9.17) is 18.9 Å². The molecular formula is C20H28O6. The third-order valence-corrected chi connectivity index (χ3v) is 5.78. The Bertz CT molecular complexity index is 618. The number of methoxy groups -OCH3 is 2. The molecule has 0 radical (unpaired) electrons. The van der Waals surface area contributed by atoms with Crippen LogP contribution in [0.25, 0.3) is 0 Å². The molecule has 0 aromatic carbocycles. The monoisotopic (exact) mass is 364 g/mol. The fourth-order valence-electron chi connectivity index (χ4n) is 4.82. The van der Waals surface area contributed by atoms with Gasteiger partial charge in [0.1, 0.15) is 0 Å². The summed E-state index contributed by atoms with van der Waals surface area (Å²) < 4.78 is 22.7. The molecule has 0 saturated heterocycles. The van der Waals surface area contributed by atoms with E-state index in [0.29, 0.717) is 12.8 Å². The second-order valence-electron chi connectivity index (χ2n) is 7.16. The van der Waals surface area contributed by atoms with Crippen molar-refractivity contribution in [2.75, 3.05) is 14.2 Å². The Morgan fingerprint density at radius 3 is 1.54 bits per heavy atom. The first-order valence-corrected chi connectivity index (χ1v) is 9.53. The van der Waals surface area contributed by atoms with E-state index in [-0.39, 0.29) is 11.5 Å². The summed E-state index contributed by atoms with van der Waals surface area (Å²) in [5, 5.41) is 0. The van der Waals surface area contributed by atoms with Gasteiger partial charge in [0.2, 0.25) is 11.5 Å². The lowest BCUT2D eigenvalue weighted by molar-refractivity contribution is -0.150. The van der Waals surface area contributed by atoms with Gasteiger partial charge in [-0.2, -0.15) is 0 Å². The molecular weight excluding hydrogens is 336 g/mol. The topological polar surface area (TPSA) is 71.1 Å². The second-order valence-corrected chi connectivity index (χ2v) is 7.16. The lowest BCUT2D eigenvalue weighted by atomic mass is 9.65. The molecule has 3 aliphatic rings. The summed E-state index contributed by atoms with van der Waals surface area (Å²) in [6.45, 7) is 4.11. The highest BCUT2D eigenvalue weighted by Gasteiger charge is 2.71. The lowest BCUT2D eigenvalue weighted by Crippen LogP contribution is -2.54. The van der Waals surface area contributed by atoms with Crippen LogP contribution in [0.2, 0.25) is 0 Å². The van der Waals surface area contributed by atoms with Gasteiger partial charge >= 0.3 is 11.9 Å². The predicted molar refractivity (Wildman–Crippen MR) is 94.0 cm³/mol. The van der Waals surface area contributed by atoms with Crippen molar-refractivity contribution in [1.29, 1.82) is 0 Å². The molecule has 2 atom stereocenters. The van der Waals surface area contributed by atoms with Crippen LogP contribution in [-0.4, -0.2) is 37.4 Å². The Hall–Kier alpha value is -1.98. The number of hydrogen-bond acceptors (Lipinski definition) is 6. The molecule has 0 unspecified atom stereocenters. The van der Waals surface area contributed by atoms with Crippen LogP contribution >= 0.6 is 0 Å². The van der Waals surface area contributed by atoms with Crippen LogP contribution in [0.5, 0.6) is 0 Å². The molecule has 1 aliphatic carbocycles. The van der Waals surface area contributed by atoms with Gasteiger partial charge in [-0.25, -0.2) is 9.59 Å². The highest BCUT2D eigenvalue weighted by atomic mass is 16.6. The smallest absolute Gasteiger partial charge is 0.373 e. The standard InChI is InChI=1S/C20H28O6/c1-5-9-13-15(17(21)23-3)25-20-12-8-7-11-19(13,20)26-16(18(22)24-4)14(20)10-6-2/h5-12H2,1-4H3/t19-,20-/m0/s1. The zero-order chi connectivity index (χ0) is 18.9. The number of hydrogen-bond donors (Lipinski definition) is 0. The minimum Gasteiger partial charge on any atom is -0.471 e. The maximum Gasteiger partial charge on any atom is 0.373 e. The normalized spacial score (nSPS) is 29.7. The summed E-state index contributed by atoms with van der Waals surface area (Å²) in [7, 11) is 2.72. The van der Waals surface area contributed by atoms with E-state index in [2.05, 4.69) is 13.8 Å². The number of esters is 2. The zero-order valence-electron chi connectivity index (χ0n) is 16.1. The van der Waals surface area contributed by atoms with Crippen molar-refractivity contribution in [3.63, 3.8) is 0 Å². The Morgan fingerprint density at radius 1 is 0.846 bits per heavy atom. The maximum atomic E-state index is 12.4. The quantitative estimate of drug-likeness (QED) is 0.671. The van der Waals surface area contributed by atoms with Gasteiger partial charge in [-0.1, -0.05) is 26.7 Å². The van der Waals surface area contributed by atoms with Gasteiger partial charge < -0.3 is 18.9 Å². The molecule has 0 amide bonds. The summed E-state index contributed by atoms with van der Waals surface area (Å²) in [4.78, 5) is 24.9. The van der Waals surface area contributed by atoms with Gasteiger partial charge in [-0.3, -0.25) is 0 Å². The van der Waals surface area contributed by atoms with Crippen LogP contribution in [-0.2, 0) is 28.5 Å². The van der Waals surface area contributed by atoms with Gasteiger partial charge in [-0.05, 0) is 38.5 Å². The Kier molecular flexibility index (Phi) is 5.04. The van der Waals surface area contributed by atoms with E-state index >= 15 is 0 Å². The first kappa shape index (κ1) is 18.8. The Morgan fingerprint density at radius 2 is 1.23 bits per heavy atom. The summed E-state index contributed by atoms with van der Waals surface area (Å²) in [6, 6.07) is 0. The van der Waals surface area contributed by atoms with Crippen molar-refractivity contribution in [1.82, 2.24) is 0 Å². The molecule has 1 fully saturated rings. The molecule has 6 heteroatoms. The first-order chi connectivity index (χ1) is 12.5. The van der Waals surface area contributed by atoms with E-state index in [0.717, 1.165) is 49.7 Å². The van der Waals surface area contributed by atoms with Gasteiger partial charge in [0.15, 0.2) is 11.2 Å². The van der Waals surface area contributed by atoms with E-state index in [1.165, 1.54) is 14.2 Å². The summed E-state index contributed by atoms with van der Waals surface area (Å²) in [6.07, 6.45) is 6.38. The van der Waals surface area contributed by atoms with Crippen molar-refractivity contribution < 1.29 is 28.5 Å². The third kappa shape index (κ3) is 2.37. The van der Waals surface area contributed by atoms with Crippen LogP contribution < -0.4 is 0 Å². The van der Waals surface area contributed by atoms with Crippen molar-refractivity contribution in [3.8, 4) is 0 Å². The third-order valence-electron chi connectivity index (χ3n) is 5.78. The van der Waals surface area contributed by atoms with E-state index in [9.17, 15) is 9.59 Å². The van der Waals surface area contributed by atoms with Gasteiger partial charge in [0.05, 0.1) is 14.2 Å². The number of rotatable bonds is 6.